The predicted molar refractivity (Wildman–Crippen MR) is 76.0 cm³/mol. The number of rotatable bonds is 5. The first-order valence-corrected chi connectivity index (χ1v) is 6.39. The Labute approximate surface area is 125 Å². The van der Waals surface area contributed by atoms with Gasteiger partial charge in [-0.15, -0.1) is 0 Å². The molecule has 21 heavy (non-hydrogen) atoms. The molecule has 1 heterocycles. The molecule has 2 aromatic rings. The number of anilines is 1. The molecule has 0 fully saturated rings. The van der Waals surface area contributed by atoms with Crippen molar-refractivity contribution in [1.29, 1.82) is 0 Å². The van der Waals surface area contributed by atoms with Crippen molar-refractivity contribution >= 4 is 17.3 Å². The normalized spacial score (nSPS) is 10.3. The van der Waals surface area contributed by atoms with E-state index >= 15 is 0 Å². The number of nitrogens with one attached hydrogen (secondary N) is 1. The highest BCUT2D eigenvalue weighted by Crippen LogP contribution is 2.35. The van der Waals surface area contributed by atoms with Gasteiger partial charge in [0.15, 0.2) is 23.1 Å². The Kier molecular flexibility index (Phi) is 4.80. The summed E-state index contributed by atoms with van der Waals surface area (Å²) < 4.78 is 38.0. The molecular formula is C14H13ClF2N2O2. The summed E-state index contributed by atoms with van der Waals surface area (Å²) in [7, 11) is 2.58. The first kappa shape index (κ1) is 15.3. The van der Waals surface area contributed by atoms with Crippen LogP contribution < -0.4 is 14.8 Å². The van der Waals surface area contributed by atoms with Gasteiger partial charge in [0.05, 0.1) is 14.2 Å². The average Bonchev–Trinajstić information content (AvgIpc) is 2.49. The number of pyridine rings is 1. The zero-order chi connectivity index (χ0) is 15.4. The second-order valence-corrected chi connectivity index (χ2v) is 4.45. The molecule has 4 nitrogen and oxygen atoms in total. The lowest BCUT2D eigenvalue weighted by molar-refractivity contribution is 0.360. The molecule has 1 N–H and O–H groups in total. The first-order chi connectivity index (χ1) is 10.1. The van der Waals surface area contributed by atoms with Crippen molar-refractivity contribution < 1.29 is 18.3 Å². The van der Waals surface area contributed by atoms with Gasteiger partial charge < -0.3 is 14.8 Å². The lowest BCUT2D eigenvalue weighted by Crippen LogP contribution is -2.07. The van der Waals surface area contributed by atoms with E-state index in [0.29, 0.717) is 5.56 Å². The van der Waals surface area contributed by atoms with Crippen LogP contribution in [0.2, 0.25) is 5.15 Å². The van der Waals surface area contributed by atoms with Crippen molar-refractivity contribution in [3.05, 3.63) is 46.7 Å². The molecule has 0 unspecified atom stereocenters. The van der Waals surface area contributed by atoms with Crippen LogP contribution >= 0.6 is 11.6 Å². The van der Waals surface area contributed by atoms with E-state index in [1.807, 2.05) is 0 Å². The molecule has 7 heteroatoms. The fraction of sp³-hybridized carbons (Fsp3) is 0.214. The highest BCUT2D eigenvalue weighted by molar-refractivity contribution is 6.30. The number of aromatic nitrogens is 1. The van der Waals surface area contributed by atoms with Crippen molar-refractivity contribution in [1.82, 2.24) is 4.98 Å². The Bertz CT molecular complexity index is 625. The number of benzene rings is 1. The van der Waals surface area contributed by atoms with Crippen molar-refractivity contribution in [2.75, 3.05) is 19.5 Å². The van der Waals surface area contributed by atoms with Crippen LogP contribution in [-0.4, -0.2) is 19.2 Å². The summed E-state index contributed by atoms with van der Waals surface area (Å²) in [5, 5.41) is 2.92. The lowest BCUT2D eigenvalue weighted by atomic mass is 10.2. The zero-order valence-electron chi connectivity index (χ0n) is 11.4. The molecule has 0 spiro atoms. The quantitative estimate of drug-likeness (QED) is 0.856. The maximum atomic E-state index is 14.1. The SMILES string of the molecule is COc1cc(OC)c(F)c(NCc2cccnc2Cl)c1F. The number of hydrogen-bond acceptors (Lipinski definition) is 4. The van der Waals surface area contributed by atoms with Crippen molar-refractivity contribution in [3.63, 3.8) is 0 Å². The molecule has 0 aliphatic rings. The van der Waals surface area contributed by atoms with Crippen LogP contribution in [-0.2, 0) is 6.54 Å². The summed E-state index contributed by atoms with van der Waals surface area (Å²) in [6, 6.07) is 4.53. The van der Waals surface area contributed by atoms with Gasteiger partial charge in [-0.3, -0.25) is 0 Å². The maximum absolute atomic E-state index is 14.1. The van der Waals surface area contributed by atoms with Crippen molar-refractivity contribution in [2.24, 2.45) is 0 Å². The minimum absolute atomic E-state index is 0.108. The summed E-state index contributed by atoms with van der Waals surface area (Å²) >= 11 is 5.90. The molecule has 1 aromatic carbocycles. The molecule has 112 valence electrons. The van der Waals surface area contributed by atoms with Crippen LogP contribution in [0.25, 0.3) is 0 Å². The van der Waals surface area contributed by atoms with E-state index in [1.165, 1.54) is 20.4 Å². The van der Waals surface area contributed by atoms with Gasteiger partial charge in [0.2, 0.25) is 0 Å². The highest BCUT2D eigenvalue weighted by Gasteiger charge is 2.20. The molecule has 0 bridgehead atoms. The minimum Gasteiger partial charge on any atom is -0.493 e. The number of ether oxygens (including phenoxy) is 2. The summed E-state index contributed by atoms with van der Waals surface area (Å²) in [5.74, 6) is -1.91. The van der Waals surface area contributed by atoms with Crippen LogP contribution in [0.1, 0.15) is 5.56 Å². The van der Waals surface area contributed by atoms with E-state index in [4.69, 9.17) is 21.1 Å². The van der Waals surface area contributed by atoms with Crippen LogP contribution in [0.4, 0.5) is 14.5 Å². The average molecular weight is 315 g/mol. The molecule has 0 amide bonds. The van der Waals surface area contributed by atoms with Gasteiger partial charge in [0.25, 0.3) is 0 Å². The predicted octanol–water partition coefficient (Wildman–Crippen LogP) is 3.64. The van der Waals surface area contributed by atoms with Crippen molar-refractivity contribution in [2.45, 2.75) is 6.54 Å². The standard InChI is InChI=1S/C14H13ClF2N2O2/c1-20-9-6-10(21-2)12(17)13(11(9)16)19-7-8-4-3-5-18-14(8)15/h3-6,19H,7H2,1-2H3. The molecule has 0 saturated heterocycles. The fourth-order valence-electron chi connectivity index (χ4n) is 1.78. The third-order valence-electron chi connectivity index (χ3n) is 2.87. The summed E-state index contributed by atoms with van der Waals surface area (Å²) in [6.45, 7) is 0.108. The smallest absolute Gasteiger partial charge is 0.191 e. The summed E-state index contributed by atoms with van der Waals surface area (Å²) in [4.78, 5) is 3.89. The fourth-order valence-corrected chi connectivity index (χ4v) is 1.96. The first-order valence-electron chi connectivity index (χ1n) is 6.01. The van der Waals surface area contributed by atoms with Gasteiger partial charge in [0, 0.05) is 24.4 Å². The molecule has 0 aliphatic heterocycles. The summed E-state index contributed by atoms with van der Waals surface area (Å²) in [6.07, 6.45) is 1.53. The Morgan fingerprint density at radius 1 is 1.19 bits per heavy atom. The molecule has 0 aliphatic carbocycles. The Balaban J connectivity index is 2.33. The largest absolute Gasteiger partial charge is 0.493 e. The van der Waals surface area contributed by atoms with E-state index in [-0.39, 0.29) is 28.9 Å². The number of halogens is 3. The van der Waals surface area contributed by atoms with E-state index in [2.05, 4.69) is 10.3 Å². The minimum atomic E-state index is -0.837. The molecule has 0 atom stereocenters. The molecule has 2 rings (SSSR count). The topological polar surface area (TPSA) is 43.4 Å². The summed E-state index contributed by atoms with van der Waals surface area (Å²) in [5.41, 5.74) is 0.269. The molecule has 0 saturated carbocycles. The Hall–Kier alpha value is -2.08. The number of hydrogen-bond donors (Lipinski definition) is 1. The van der Waals surface area contributed by atoms with E-state index in [9.17, 15) is 8.78 Å². The zero-order valence-corrected chi connectivity index (χ0v) is 12.2. The Morgan fingerprint density at radius 3 is 2.33 bits per heavy atom. The maximum Gasteiger partial charge on any atom is 0.191 e. The van der Waals surface area contributed by atoms with Crippen molar-refractivity contribution in [3.8, 4) is 11.5 Å². The monoisotopic (exact) mass is 314 g/mol. The van der Waals surface area contributed by atoms with Crippen LogP contribution in [0.5, 0.6) is 11.5 Å². The number of methoxy groups -OCH3 is 2. The lowest BCUT2D eigenvalue weighted by Gasteiger charge is -2.14. The van der Waals surface area contributed by atoms with E-state index < -0.39 is 11.6 Å². The van der Waals surface area contributed by atoms with Crippen LogP contribution in [0, 0.1) is 11.6 Å². The number of nitrogens with zero attached hydrogens (tertiary/aromatic N) is 1. The van der Waals surface area contributed by atoms with Gasteiger partial charge in [-0.25, -0.2) is 13.8 Å². The van der Waals surface area contributed by atoms with Gasteiger partial charge >= 0.3 is 0 Å². The van der Waals surface area contributed by atoms with Gasteiger partial charge in [-0.05, 0) is 6.07 Å². The Morgan fingerprint density at radius 2 is 1.81 bits per heavy atom. The van der Waals surface area contributed by atoms with Crippen LogP contribution in [0.3, 0.4) is 0 Å². The van der Waals surface area contributed by atoms with E-state index in [1.54, 1.807) is 12.1 Å². The molecular weight excluding hydrogens is 302 g/mol. The third kappa shape index (κ3) is 3.16. The van der Waals surface area contributed by atoms with Gasteiger partial charge in [-0.2, -0.15) is 0 Å². The van der Waals surface area contributed by atoms with Gasteiger partial charge in [-0.1, -0.05) is 17.7 Å². The highest BCUT2D eigenvalue weighted by atomic mass is 35.5. The van der Waals surface area contributed by atoms with Gasteiger partial charge in [0.1, 0.15) is 10.8 Å². The molecule has 0 radical (unpaired) electrons. The van der Waals surface area contributed by atoms with Crippen LogP contribution in [0.15, 0.2) is 24.4 Å². The second-order valence-electron chi connectivity index (χ2n) is 4.09. The third-order valence-corrected chi connectivity index (χ3v) is 3.21. The molecule has 1 aromatic heterocycles. The second kappa shape index (κ2) is 6.58. The van der Waals surface area contributed by atoms with E-state index in [0.717, 1.165) is 6.07 Å².